The Bertz CT molecular complexity index is 1030. The highest BCUT2D eigenvalue weighted by Crippen LogP contribution is 2.35. The summed E-state index contributed by atoms with van der Waals surface area (Å²) in [6.07, 6.45) is 0.685. The number of nitrogens with zero attached hydrogens (tertiary/aromatic N) is 1. The standard InChI is InChI=1S/C24H25ClN2O4S/c1-30-16-22(28)27(18-10-11-20(31-2)19(25)15-18)23(21-9-6-14-32-21)24(29)26-13-12-17-7-4-3-5-8-17/h3-11,14-15,23H,12-13,16H2,1-2H3,(H,26,29). The number of thiophene rings is 1. The zero-order valence-corrected chi connectivity index (χ0v) is 19.5. The smallest absolute Gasteiger partial charge is 0.254 e. The lowest BCUT2D eigenvalue weighted by molar-refractivity contribution is -0.128. The Kier molecular flexibility index (Phi) is 8.67. The Hall–Kier alpha value is -2.87. The van der Waals surface area contributed by atoms with Crippen molar-refractivity contribution >= 4 is 40.4 Å². The molecule has 1 unspecified atom stereocenters. The Morgan fingerprint density at radius 3 is 2.50 bits per heavy atom. The van der Waals surface area contributed by atoms with E-state index < -0.39 is 6.04 Å². The topological polar surface area (TPSA) is 67.9 Å². The van der Waals surface area contributed by atoms with Crippen molar-refractivity contribution in [3.63, 3.8) is 0 Å². The number of nitrogens with one attached hydrogen (secondary N) is 1. The number of methoxy groups -OCH3 is 2. The monoisotopic (exact) mass is 472 g/mol. The molecule has 0 fully saturated rings. The zero-order valence-electron chi connectivity index (χ0n) is 17.9. The molecule has 8 heteroatoms. The van der Waals surface area contributed by atoms with Gasteiger partial charge in [0, 0.05) is 24.2 Å². The van der Waals surface area contributed by atoms with E-state index in [1.165, 1.54) is 30.5 Å². The molecule has 0 saturated carbocycles. The van der Waals surface area contributed by atoms with Crippen LogP contribution in [0, 0.1) is 0 Å². The fourth-order valence-electron chi connectivity index (χ4n) is 3.33. The van der Waals surface area contributed by atoms with Gasteiger partial charge in [0.2, 0.25) is 5.91 Å². The number of benzene rings is 2. The van der Waals surface area contributed by atoms with Crippen molar-refractivity contribution in [2.75, 3.05) is 32.3 Å². The highest BCUT2D eigenvalue weighted by Gasteiger charge is 2.33. The fraction of sp³-hybridized carbons (Fsp3) is 0.250. The summed E-state index contributed by atoms with van der Waals surface area (Å²) in [4.78, 5) is 28.6. The number of hydrogen-bond acceptors (Lipinski definition) is 5. The van der Waals surface area contributed by atoms with E-state index in [1.54, 1.807) is 18.2 Å². The lowest BCUT2D eigenvalue weighted by Crippen LogP contribution is -2.45. The minimum Gasteiger partial charge on any atom is -0.495 e. The maximum Gasteiger partial charge on any atom is 0.254 e. The predicted molar refractivity (Wildman–Crippen MR) is 128 cm³/mol. The summed E-state index contributed by atoms with van der Waals surface area (Å²) in [5.41, 5.74) is 1.60. The lowest BCUT2D eigenvalue weighted by Gasteiger charge is -2.30. The lowest BCUT2D eigenvalue weighted by atomic mass is 10.1. The van der Waals surface area contributed by atoms with Crippen LogP contribution in [-0.4, -0.2) is 39.2 Å². The summed E-state index contributed by atoms with van der Waals surface area (Å²) in [5.74, 6) is -0.153. The average Bonchev–Trinajstić information content (AvgIpc) is 3.32. The maximum absolute atomic E-state index is 13.4. The van der Waals surface area contributed by atoms with Crippen molar-refractivity contribution in [2.24, 2.45) is 0 Å². The number of hydrogen-bond donors (Lipinski definition) is 1. The summed E-state index contributed by atoms with van der Waals surface area (Å²) in [7, 11) is 2.96. The highest BCUT2D eigenvalue weighted by atomic mass is 35.5. The van der Waals surface area contributed by atoms with Gasteiger partial charge in [0.25, 0.3) is 5.91 Å². The molecule has 0 saturated heterocycles. The zero-order chi connectivity index (χ0) is 22.9. The largest absolute Gasteiger partial charge is 0.495 e. The van der Waals surface area contributed by atoms with Gasteiger partial charge in [-0.2, -0.15) is 0 Å². The van der Waals surface area contributed by atoms with Gasteiger partial charge in [0.15, 0.2) is 0 Å². The van der Waals surface area contributed by atoms with Crippen LogP contribution < -0.4 is 15.0 Å². The first-order chi connectivity index (χ1) is 15.5. The first-order valence-electron chi connectivity index (χ1n) is 10.0. The van der Waals surface area contributed by atoms with Gasteiger partial charge in [-0.05, 0) is 41.6 Å². The van der Waals surface area contributed by atoms with Crippen molar-refractivity contribution in [2.45, 2.75) is 12.5 Å². The third-order valence-electron chi connectivity index (χ3n) is 4.83. The van der Waals surface area contributed by atoms with Crippen molar-refractivity contribution in [3.05, 3.63) is 81.5 Å². The summed E-state index contributed by atoms with van der Waals surface area (Å²) in [6, 6.07) is 17.7. The van der Waals surface area contributed by atoms with Crippen LogP contribution in [0.5, 0.6) is 5.75 Å². The van der Waals surface area contributed by atoms with Gasteiger partial charge >= 0.3 is 0 Å². The SMILES string of the molecule is COCC(=O)N(c1ccc(OC)c(Cl)c1)C(C(=O)NCCc1ccccc1)c1cccs1. The van der Waals surface area contributed by atoms with Crippen LogP contribution in [0.4, 0.5) is 5.69 Å². The molecule has 0 bridgehead atoms. The van der Waals surface area contributed by atoms with Crippen LogP contribution in [0.15, 0.2) is 66.0 Å². The first-order valence-corrected chi connectivity index (χ1v) is 11.3. The molecule has 0 aliphatic heterocycles. The van der Waals surface area contributed by atoms with Crippen molar-refractivity contribution < 1.29 is 19.1 Å². The van der Waals surface area contributed by atoms with E-state index in [1.807, 2.05) is 47.8 Å². The van der Waals surface area contributed by atoms with Crippen molar-refractivity contribution in [1.29, 1.82) is 0 Å². The number of rotatable bonds is 10. The minimum absolute atomic E-state index is 0.178. The van der Waals surface area contributed by atoms with E-state index in [0.717, 1.165) is 10.4 Å². The van der Waals surface area contributed by atoms with Gasteiger partial charge in [0.1, 0.15) is 18.4 Å². The maximum atomic E-state index is 13.4. The molecule has 3 rings (SSSR count). The number of carbonyl (C=O) groups is 2. The van der Waals surface area contributed by atoms with Crippen molar-refractivity contribution in [3.8, 4) is 5.75 Å². The molecule has 1 heterocycles. The molecule has 0 radical (unpaired) electrons. The third kappa shape index (κ3) is 5.88. The van der Waals surface area contributed by atoms with Gasteiger partial charge < -0.3 is 14.8 Å². The van der Waals surface area contributed by atoms with Crippen LogP contribution in [0.3, 0.4) is 0 Å². The Balaban J connectivity index is 1.91. The van der Waals surface area contributed by atoms with E-state index in [0.29, 0.717) is 29.4 Å². The van der Waals surface area contributed by atoms with E-state index in [-0.39, 0.29) is 18.4 Å². The molecular weight excluding hydrogens is 448 g/mol. The molecule has 3 aromatic rings. The normalized spacial score (nSPS) is 11.6. The molecule has 0 spiro atoms. The predicted octanol–water partition coefficient (Wildman–Crippen LogP) is 4.49. The Morgan fingerprint density at radius 2 is 1.88 bits per heavy atom. The molecular formula is C24H25ClN2O4S. The van der Waals surface area contributed by atoms with Crippen LogP contribution in [0.25, 0.3) is 0 Å². The van der Waals surface area contributed by atoms with E-state index in [2.05, 4.69) is 5.32 Å². The van der Waals surface area contributed by atoms with Crippen LogP contribution >= 0.6 is 22.9 Å². The van der Waals surface area contributed by atoms with Crippen LogP contribution in [-0.2, 0) is 20.7 Å². The molecule has 0 aliphatic carbocycles. The second-order valence-corrected chi connectivity index (χ2v) is 8.35. The second kappa shape index (κ2) is 11.7. The van der Waals surface area contributed by atoms with Crippen molar-refractivity contribution in [1.82, 2.24) is 5.32 Å². The van der Waals surface area contributed by atoms with Gasteiger partial charge in [-0.1, -0.05) is 48.0 Å². The van der Waals surface area contributed by atoms with Gasteiger partial charge in [-0.25, -0.2) is 0 Å². The molecule has 0 aliphatic rings. The molecule has 6 nitrogen and oxygen atoms in total. The number of carbonyl (C=O) groups excluding carboxylic acids is 2. The molecule has 2 aromatic carbocycles. The third-order valence-corrected chi connectivity index (χ3v) is 6.05. The molecule has 168 valence electrons. The first kappa shape index (κ1) is 23.8. The van der Waals surface area contributed by atoms with Gasteiger partial charge in [-0.15, -0.1) is 11.3 Å². The molecule has 32 heavy (non-hydrogen) atoms. The number of halogens is 1. The second-order valence-electron chi connectivity index (χ2n) is 6.96. The molecule has 2 amide bonds. The van der Waals surface area contributed by atoms with Crippen LogP contribution in [0.1, 0.15) is 16.5 Å². The Labute approximate surface area is 196 Å². The average molecular weight is 473 g/mol. The molecule has 1 atom stereocenters. The number of anilines is 1. The minimum atomic E-state index is -0.863. The summed E-state index contributed by atoms with van der Waals surface area (Å²) < 4.78 is 10.3. The number of amides is 2. The van der Waals surface area contributed by atoms with Gasteiger partial charge in [-0.3, -0.25) is 14.5 Å². The Morgan fingerprint density at radius 1 is 1.09 bits per heavy atom. The summed E-state index contributed by atoms with van der Waals surface area (Å²) in [6.45, 7) is 0.267. The van der Waals surface area contributed by atoms with E-state index in [4.69, 9.17) is 21.1 Å². The van der Waals surface area contributed by atoms with Gasteiger partial charge in [0.05, 0.1) is 12.1 Å². The fourth-order valence-corrected chi connectivity index (χ4v) is 4.39. The quantitative estimate of drug-likeness (QED) is 0.472. The summed E-state index contributed by atoms with van der Waals surface area (Å²) >= 11 is 7.73. The molecule has 1 N–H and O–H groups in total. The van der Waals surface area contributed by atoms with E-state index >= 15 is 0 Å². The van der Waals surface area contributed by atoms with E-state index in [9.17, 15) is 9.59 Å². The molecule has 1 aromatic heterocycles. The number of ether oxygens (including phenoxy) is 2. The summed E-state index contributed by atoms with van der Waals surface area (Å²) in [5, 5.41) is 5.20. The highest BCUT2D eigenvalue weighted by molar-refractivity contribution is 7.10. The van der Waals surface area contributed by atoms with Crippen LogP contribution in [0.2, 0.25) is 5.02 Å².